The van der Waals surface area contributed by atoms with Crippen molar-refractivity contribution in [3.63, 3.8) is 0 Å². The Kier molecular flexibility index (Phi) is 6.24. The Balaban J connectivity index is 0.000000210. The van der Waals surface area contributed by atoms with E-state index in [1.54, 1.807) is 18.2 Å². The molecule has 0 saturated carbocycles. The molecule has 0 spiro atoms. The summed E-state index contributed by atoms with van der Waals surface area (Å²) in [5.41, 5.74) is -31.1. The van der Waals surface area contributed by atoms with E-state index in [1.165, 1.54) is 6.07 Å². The standard InChI is InChI=1S/2C51H38N2/c2*1-51(2)47-25-11-9-23-43(47)44-29-28-42(34-48(44)51)52(40-21-13-17-36(31-40)35-15-5-3-6-16-35)41-22-14-18-37(32-41)38-27-30-50-46(33-38)45-24-10-12-26-49(45)53(50)39-19-7-4-8-20-39/h2*3-34H,1-2H3/i1D3,2D3,3D,4D,5D,6D,7D,8D,9D,10D,11D,12D,13D,14D,15D,16D,17D,18D,19D,20D,21D,22D,23D,24D,25D,26D,27D,28D,29D,30D,31D,32D,33D,34D;1D3,2D3,3D,5D,6D,9D,11D,13D,14D,15D,16D,17D,18D,21D,22D,23D,25D,28D,29D,31D,32D,34D. The van der Waals surface area contributed by atoms with E-state index >= 15 is 0 Å². The van der Waals surface area contributed by atoms with Crippen molar-refractivity contribution < 1.29 is 87.7 Å². The summed E-state index contributed by atoms with van der Waals surface area (Å²) in [6.45, 7) is -16.1. The number of nitrogens with zero attached hydrogens (tertiary/aromatic N) is 4. The molecule has 0 radical (unpaired) electrons. The molecule has 0 atom stereocenters. The minimum atomic E-state index is -4.10. The lowest BCUT2D eigenvalue weighted by Gasteiger charge is -2.29. The summed E-state index contributed by atoms with van der Waals surface area (Å²) in [6, 6.07) is -38.9. The van der Waals surface area contributed by atoms with Crippen LogP contribution in [0.5, 0.6) is 0 Å². The lowest BCUT2D eigenvalue weighted by atomic mass is 9.82. The van der Waals surface area contributed by atoms with E-state index in [9.17, 15) is 30.2 Å². The molecule has 0 fully saturated rings. The van der Waals surface area contributed by atoms with E-state index in [0.717, 1.165) is 11.2 Å². The van der Waals surface area contributed by atoms with Crippen molar-refractivity contribution >= 4 is 77.7 Å². The Morgan fingerprint density at radius 3 is 1.22 bits per heavy atom. The molecule has 4 nitrogen and oxygen atoms in total. The minimum absolute atomic E-state index is 0.0443. The van der Waals surface area contributed by atoms with Gasteiger partial charge in [-0.15, -0.1) is 0 Å². The molecule has 0 saturated heterocycles. The number of benzene rings is 16. The molecule has 16 aromatic carbocycles. The summed E-state index contributed by atoms with van der Waals surface area (Å²) >= 11 is 0. The molecular formula is C102H76N4. The average Bonchev–Trinajstić information content (AvgIpc) is 1.49. The summed E-state index contributed by atoms with van der Waals surface area (Å²) in [7, 11) is 0. The smallest absolute Gasteiger partial charge is 0.0651 e. The second-order valence-electron chi connectivity index (χ2n) is 23.4. The highest BCUT2D eigenvalue weighted by molar-refractivity contribution is 6.12. The van der Waals surface area contributed by atoms with Crippen LogP contribution in [-0.4, -0.2) is 9.13 Å². The van der Waals surface area contributed by atoms with Crippen molar-refractivity contribution in [1.29, 1.82) is 0 Å². The van der Waals surface area contributed by atoms with Gasteiger partial charge in [0.1, 0.15) is 0 Å². The molecule has 504 valence electrons. The molecule has 0 unspecified atom stereocenters. The number of aromatic nitrogens is 2. The van der Waals surface area contributed by atoms with Gasteiger partial charge in [-0.3, -0.25) is 0 Å². The molecule has 0 aliphatic heterocycles. The van der Waals surface area contributed by atoms with Gasteiger partial charge in [0.15, 0.2) is 0 Å². The van der Waals surface area contributed by atoms with Crippen LogP contribution in [0.15, 0.2) is 387 Å². The topological polar surface area (TPSA) is 16.3 Å². The Labute approximate surface area is 709 Å². The van der Waals surface area contributed by atoms with Crippen LogP contribution >= 0.6 is 0 Å². The lowest BCUT2D eigenvalue weighted by molar-refractivity contribution is 0.660. The summed E-state index contributed by atoms with van der Waals surface area (Å²) < 4.78 is 585. The van der Waals surface area contributed by atoms with E-state index in [-0.39, 0.29) is 10.5 Å². The van der Waals surface area contributed by atoms with Gasteiger partial charge in [0.2, 0.25) is 0 Å². The van der Waals surface area contributed by atoms with Crippen molar-refractivity contribution in [2.75, 3.05) is 9.80 Å². The first-order chi connectivity index (χ1) is 78.8. The van der Waals surface area contributed by atoms with Gasteiger partial charge < -0.3 is 18.9 Å². The van der Waals surface area contributed by atoms with Crippen LogP contribution in [0.2, 0.25) is 0 Å². The zero-order valence-electron chi connectivity index (χ0n) is 118. The fourth-order valence-electron chi connectivity index (χ4n) is 12.7. The van der Waals surface area contributed by atoms with E-state index in [1.807, 2.05) is 53.1 Å². The largest absolute Gasteiger partial charge is 0.310 e. The van der Waals surface area contributed by atoms with Gasteiger partial charge in [-0.05, 0) is 222 Å². The molecule has 0 amide bonds. The molecule has 2 heterocycles. The Morgan fingerprint density at radius 1 is 0.245 bits per heavy atom. The van der Waals surface area contributed by atoms with Crippen molar-refractivity contribution in [2.45, 2.75) is 38.2 Å². The van der Waals surface area contributed by atoms with E-state index in [2.05, 4.69) is 0 Å². The normalized spacial score (nSPS) is 21.9. The highest BCUT2D eigenvalue weighted by Crippen LogP contribution is 2.53. The van der Waals surface area contributed by atoms with Crippen molar-refractivity contribution in [3.8, 4) is 78.1 Å². The number of rotatable bonds is 12. The number of hydrogen-bond acceptors (Lipinski definition) is 2. The molecule has 106 heavy (non-hydrogen) atoms. The third-order valence-electron chi connectivity index (χ3n) is 17.4. The van der Waals surface area contributed by atoms with Gasteiger partial charge in [-0.2, -0.15) is 0 Å². The van der Waals surface area contributed by atoms with Crippen molar-refractivity contribution in [3.05, 3.63) is 409 Å². The highest BCUT2D eigenvalue weighted by Gasteiger charge is 2.37. The molecule has 4 heteroatoms. The Bertz CT molecular complexity index is 10100. The Morgan fingerprint density at radius 2 is 0.660 bits per heavy atom. The molecule has 2 aromatic heterocycles. The first-order valence-corrected chi connectivity index (χ1v) is 31.7. The maximum absolute atomic E-state index is 10.2. The number of para-hydroxylation sites is 4. The van der Waals surface area contributed by atoms with Crippen molar-refractivity contribution in [2.24, 2.45) is 0 Å². The zero-order chi connectivity index (χ0) is 126. The predicted molar refractivity (Wildman–Crippen MR) is 448 cm³/mol. The summed E-state index contributed by atoms with van der Waals surface area (Å²) in [4.78, 5) is 0.489. The van der Waals surface area contributed by atoms with Crippen LogP contribution < -0.4 is 9.80 Å². The van der Waals surface area contributed by atoms with Crippen LogP contribution in [-0.2, 0) is 10.8 Å². The Hall–Kier alpha value is -13.3. The van der Waals surface area contributed by atoms with Crippen LogP contribution in [0.25, 0.3) is 122 Å². The number of anilines is 6. The van der Waals surface area contributed by atoms with Gasteiger partial charge in [0.05, 0.1) is 93.3 Å². The molecule has 18 aromatic rings. The van der Waals surface area contributed by atoms with Gasteiger partial charge in [0.25, 0.3) is 0 Å². The third-order valence-corrected chi connectivity index (χ3v) is 17.4. The first kappa shape index (κ1) is 25.6. The first-order valence-electron chi connectivity index (χ1n) is 63.7. The van der Waals surface area contributed by atoms with E-state index < -0.39 is 498 Å². The highest BCUT2D eigenvalue weighted by atomic mass is 15.1. The number of fused-ring (bicyclic) bond motifs is 12. The summed E-state index contributed by atoms with van der Waals surface area (Å²) in [5, 5.41) is -0.293. The van der Waals surface area contributed by atoms with Crippen LogP contribution in [0.4, 0.5) is 34.1 Å². The van der Waals surface area contributed by atoms with E-state index in [0.29, 0.717) is 25.8 Å². The maximum atomic E-state index is 10.2. The molecule has 2 aliphatic carbocycles. The third kappa shape index (κ3) is 10.9. The summed E-state index contributed by atoms with van der Waals surface area (Å²) in [5.74, 6) is 0. The van der Waals surface area contributed by atoms with Gasteiger partial charge in [0, 0.05) is 94.3 Å². The van der Waals surface area contributed by atoms with Crippen LogP contribution in [0.1, 0.15) is 137 Å². The average molecular weight is 1420 g/mol. The zero-order valence-corrected chi connectivity index (χ0v) is 53.7. The molecular weight excluding hydrogens is 1280 g/mol. The number of hydrogen-bond donors (Lipinski definition) is 0. The summed E-state index contributed by atoms with van der Waals surface area (Å²) in [6.07, 6.45) is 0. The molecule has 20 rings (SSSR count). The molecule has 2 aliphatic rings. The van der Waals surface area contributed by atoms with Gasteiger partial charge >= 0.3 is 0 Å². The van der Waals surface area contributed by atoms with Gasteiger partial charge in [-0.1, -0.05) is 281 Å². The van der Waals surface area contributed by atoms with Crippen LogP contribution in [0.3, 0.4) is 0 Å². The quantitative estimate of drug-likeness (QED) is 0.121. The fourth-order valence-corrected chi connectivity index (χ4v) is 12.7. The van der Waals surface area contributed by atoms with E-state index in [4.69, 9.17) is 57.6 Å². The van der Waals surface area contributed by atoms with Crippen molar-refractivity contribution in [1.82, 2.24) is 9.13 Å². The monoisotopic (exact) mass is 1420 g/mol. The maximum Gasteiger partial charge on any atom is 0.0651 e. The second-order valence-corrected chi connectivity index (χ2v) is 23.4. The predicted octanol–water partition coefficient (Wildman–Crippen LogP) is 27.8. The lowest BCUT2D eigenvalue weighted by Crippen LogP contribution is -2.16. The van der Waals surface area contributed by atoms with Crippen LogP contribution in [0, 0.1) is 0 Å². The molecule has 0 N–H and O–H groups in total. The fraction of sp³-hybridized carbons (Fsp3) is 0.0588. The second kappa shape index (κ2) is 25.9. The molecule has 0 bridgehead atoms. The minimum Gasteiger partial charge on any atom is -0.310 e. The van der Waals surface area contributed by atoms with Gasteiger partial charge in [-0.25, -0.2) is 0 Å². The SMILES string of the molecule is [2H]c1c([2H])c([2H])c(-c2c([2H])c([2H])c([2H])c(N(c3c([2H])c([2H])c([2H])c(-c4c([2H])c([2H])c5c(c4[2H])c4c([2H])c([2H])c([2H])c([2H])c4n5-c4c([2H])c([2H])c([2H])c([2H])c4[2H])c3[2H])c3c([2H])c([2H])c4c(c3[2H])C(C([2H])([2H])[2H])(C([2H])([2H])[2H])c3c([2H])c([2H])c([2H])c([2H])c3-4)c2[2H])c([2H])c1[2H].[2H]c1c([2H])c([2H])c(-c2c([2H])c([2H])c([2H])c(N(c3c([2H])c([2H])c([2H])c(-c4ccc5c(c4)c4ccccc4n5-c4ccccc4)c3[2H])c3c([2H])c([2H])c4c(c3[2H])C(C([2H])([2H])[2H])(C([2H])([2H])[2H])c3c([2H])c([2H])c([2H])c([2H])c3-4)c2[2H])c([2H])c1[2H].